The highest BCUT2D eigenvalue weighted by molar-refractivity contribution is 8.03. The predicted octanol–water partition coefficient (Wildman–Crippen LogP) is 3.42. The van der Waals surface area contributed by atoms with Crippen LogP contribution in [0.15, 0.2) is 23.1 Å². The van der Waals surface area contributed by atoms with Crippen molar-refractivity contribution in [3.63, 3.8) is 0 Å². The molecular weight excluding hydrogens is 218 g/mol. The number of thioether (sulfide) groups is 1. The Kier molecular flexibility index (Phi) is 3.01. The van der Waals surface area contributed by atoms with Crippen LogP contribution in [0, 0.1) is 16.5 Å². The summed E-state index contributed by atoms with van der Waals surface area (Å²) in [6.45, 7) is 0. The molecule has 0 radical (unpaired) electrons. The van der Waals surface area contributed by atoms with Gasteiger partial charge in [0.25, 0.3) is 0 Å². The number of hydrogen-bond acceptors (Lipinski definition) is 2. The van der Waals surface area contributed by atoms with Crippen molar-refractivity contribution in [2.24, 2.45) is 0 Å². The van der Waals surface area contributed by atoms with Gasteiger partial charge in [0.15, 0.2) is 0 Å². The molecule has 1 aromatic carbocycles. The quantitative estimate of drug-likeness (QED) is 0.412. The topological polar surface area (TPSA) is 23.8 Å². The van der Waals surface area contributed by atoms with Gasteiger partial charge >= 0.3 is 6.18 Å². The summed E-state index contributed by atoms with van der Waals surface area (Å²) in [5.74, 6) is -1.04. The van der Waals surface area contributed by atoms with Crippen LogP contribution in [0.3, 0.4) is 0 Å². The minimum Gasteiger partial charge on any atom is -0.206 e. The van der Waals surface area contributed by atoms with Crippen LogP contribution in [0.2, 0.25) is 0 Å². The van der Waals surface area contributed by atoms with E-state index in [0.29, 0.717) is 0 Å². The molecule has 0 saturated carbocycles. The maximum atomic E-state index is 12.9. The van der Waals surface area contributed by atoms with Gasteiger partial charge in [0.2, 0.25) is 0 Å². The second kappa shape index (κ2) is 3.88. The van der Waals surface area contributed by atoms with Gasteiger partial charge in [0, 0.05) is 0 Å². The minimum atomic E-state index is -4.64. The lowest BCUT2D eigenvalue weighted by Crippen LogP contribution is -2.07. The number of hydrogen-bond donors (Lipinski definition) is 0. The van der Waals surface area contributed by atoms with E-state index in [1.807, 2.05) is 0 Å². The summed E-state index contributed by atoms with van der Waals surface area (Å²) in [6, 6.07) is 2.58. The normalized spacial score (nSPS) is 11.1. The van der Waals surface area contributed by atoms with Gasteiger partial charge in [-0.3, -0.25) is 0 Å². The summed E-state index contributed by atoms with van der Waals surface area (Å²) in [5, 5.41) is 9.63. The van der Waals surface area contributed by atoms with Crippen LogP contribution in [-0.2, 0) is 6.18 Å². The summed E-state index contributed by atoms with van der Waals surface area (Å²) in [5.41, 5.74) is -1.12. The van der Waals surface area contributed by atoms with Gasteiger partial charge in [-0.1, -0.05) is 6.07 Å². The van der Waals surface area contributed by atoms with Crippen molar-refractivity contribution < 1.29 is 17.6 Å². The molecule has 1 nitrogen and oxygen atoms in total. The van der Waals surface area contributed by atoms with Crippen LogP contribution in [0.4, 0.5) is 17.6 Å². The fourth-order valence-electron chi connectivity index (χ4n) is 0.881. The molecule has 0 aromatic heterocycles. The number of nitriles is 1. The number of benzene rings is 1. The molecule has 0 amide bonds. The first-order valence-corrected chi connectivity index (χ1v) is 4.20. The van der Waals surface area contributed by atoms with E-state index in [1.54, 1.807) is 0 Å². The zero-order chi connectivity index (χ0) is 10.8. The predicted molar refractivity (Wildman–Crippen MR) is 42.9 cm³/mol. The van der Waals surface area contributed by atoms with E-state index in [9.17, 15) is 17.6 Å². The van der Waals surface area contributed by atoms with Crippen LogP contribution in [0.1, 0.15) is 5.56 Å². The van der Waals surface area contributed by atoms with Crippen LogP contribution >= 0.6 is 11.8 Å². The Bertz CT molecular complexity index is 380. The third-order valence-electron chi connectivity index (χ3n) is 1.42. The molecule has 74 valence electrons. The third-order valence-corrected chi connectivity index (χ3v) is 2.13. The van der Waals surface area contributed by atoms with E-state index in [4.69, 9.17) is 5.26 Å². The molecule has 1 aromatic rings. The number of nitrogens with zero attached hydrogens (tertiary/aromatic N) is 1. The van der Waals surface area contributed by atoms with E-state index >= 15 is 0 Å². The number of alkyl halides is 3. The first-order valence-electron chi connectivity index (χ1n) is 3.38. The Balaban J connectivity index is 3.30. The monoisotopic (exact) mass is 221 g/mol. The van der Waals surface area contributed by atoms with E-state index in [0.717, 1.165) is 18.2 Å². The lowest BCUT2D eigenvalue weighted by molar-refractivity contribution is -0.140. The molecule has 0 unspecified atom stereocenters. The SMILES string of the molecule is N#CSc1c(F)cccc1C(F)(F)F. The van der Waals surface area contributed by atoms with E-state index in [1.165, 1.54) is 5.40 Å². The highest BCUT2D eigenvalue weighted by Gasteiger charge is 2.34. The Labute approximate surface area is 81.3 Å². The van der Waals surface area contributed by atoms with Gasteiger partial charge < -0.3 is 0 Å². The van der Waals surface area contributed by atoms with Gasteiger partial charge in [0.05, 0.1) is 10.5 Å². The molecule has 14 heavy (non-hydrogen) atoms. The molecule has 0 heterocycles. The first-order chi connectivity index (χ1) is 6.46. The van der Waals surface area contributed by atoms with Crippen LogP contribution in [0.5, 0.6) is 0 Å². The molecular formula is C8H3F4NS. The Morgan fingerprint density at radius 1 is 1.29 bits per heavy atom. The maximum Gasteiger partial charge on any atom is 0.417 e. The van der Waals surface area contributed by atoms with Gasteiger partial charge in [-0.2, -0.15) is 18.4 Å². The van der Waals surface area contributed by atoms with E-state index in [-0.39, 0.29) is 11.8 Å². The molecule has 0 aliphatic carbocycles. The van der Waals surface area contributed by atoms with Gasteiger partial charge in [0.1, 0.15) is 11.2 Å². The van der Waals surface area contributed by atoms with Crippen molar-refractivity contribution in [3.8, 4) is 5.40 Å². The first kappa shape index (κ1) is 10.9. The largest absolute Gasteiger partial charge is 0.417 e. The highest BCUT2D eigenvalue weighted by Crippen LogP contribution is 2.37. The van der Waals surface area contributed by atoms with Crippen molar-refractivity contribution in [1.82, 2.24) is 0 Å². The zero-order valence-electron chi connectivity index (χ0n) is 6.60. The van der Waals surface area contributed by atoms with E-state index in [2.05, 4.69) is 0 Å². The van der Waals surface area contributed by atoms with Crippen LogP contribution in [-0.4, -0.2) is 0 Å². The second-order valence-corrected chi connectivity index (χ2v) is 3.10. The Morgan fingerprint density at radius 2 is 1.93 bits per heavy atom. The summed E-state index contributed by atoms with van der Waals surface area (Å²) in [6.07, 6.45) is -4.64. The lowest BCUT2D eigenvalue weighted by Gasteiger charge is -2.09. The second-order valence-electron chi connectivity index (χ2n) is 2.31. The summed E-state index contributed by atoms with van der Waals surface area (Å²) < 4.78 is 49.7. The summed E-state index contributed by atoms with van der Waals surface area (Å²) in [4.78, 5) is -0.678. The average Bonchev–Trinajstić information content (AvgIpc) is 2.07. The van der Waals surface area contributed by atoms with Crippen molar-refractivity contribution >= 4 is 11.8 Å². The fourth-order valence-corrected chi connectivity index (χ4v) is 1.43. The third kappa shape index (κ3) is 2.17. The Hall–Kier alpha value is -1.22. The standard InChI is InChI=1S/C8H3F4NS/c9-6-3-1-2-5(8(10,11)12)7(6)14-4-13/h1-3H. The zero-order valence-corrected chi connectivity index (χ0v) is 7.42. The minimum absolute atomic E-state index is 0.166. The van der Waals surface area contributed by atoms with Gasteiger partial charge in [-0.25, -0.2) is 4.39 Å². The molecule has 0 bridgehead atoms. The molecule has 1 rings (SSSR count). The molecule has 0 N–H and O–H groups in total. The molecule has 0 fully saturated rings. The fraction of sp³-hybridized carbons (Fsp3) is 0.125. The smallest absolute Gasteiger partial charge is 0.206 e. The van der Waals surface area contributed by atoms with Crippen molar-refractivity contribution in [2.45, 2.75) is 11.1 Å². The van der Waals surface area contributed by atoms with Crippen molar-refractivity contribution in [3.05, 3.63) is 29.6 Å². The van der Waals surface area contributed by atoms with Crippen LogP contribution < -0.4 is 0 Å². The molecule has 0 aliphatic rings. The average molecular weight is 221 g/mol. The van der Waals surface area contributed by atoms with Gasteiger partial charge in [-0.15, -0.1) is 0 Å². The molecule has 6 heteroatoms. The van der Waals surface area contributed by atoms with Crippen molar-refractivity contribution in [2.75, 3.05) is 0 Å². The van der Waals surface area contributed by atoms with Crippen LogP contribution in [0.25, 0.3) is 0 Å². The molecule has 0 saturated heterocycles. The molecule has 0 aliphatic heterocycles. The lowest BCUT2D eigenvalue weighted by atomic mass is 10.2. The molecule has 0 atom stereocenters. The van der Waals surface area contributed by atoms with Gasteiger partial charge in [-0.05, 0) is 23.9 Å². The van der Waals surface area contributed by atoms with E-state index < -0.39 is 22.5 Å². The summed E-state index contributed by atoms with van der Waals surface area (Å²) >= 11 is 0.166. The molecule has 0 spiro atoms. The highest BCUT2D eigenvalue weighted by atomic mass is 32.2. The number of rotatable bonds is 1. The number of thiocyanates is 1. The number of halogens is 4. The maximum absolute atomic E-state index is 12.9. The van der Waals surface area contributed by atoms with Crippen molar-refractivity contribution in [1.29, 1.82) is 5.26 Å². The Morgan fingerprint density at radius 3 is 2.43 bits per heavy atom. The summed E-state index contributed by atoms with van der Waals surface area (Å²) in [7, 11) is 0.